The molecule has 2 nitrogen and oxygen atoms in total. The van der Waals surface area contributed by atoms with Crippen LogP contribution >= 0.6 is 0 Å². The SMILES string of the molecule is CC1(C)c2ccccc2-c2c(N(c3ccc(-c4cccnc4)cc3)c3ccc4c(c3)C3(c5ccccc5-4)C4CC5CC(C4)CC3C5)cccc21. The Morgan fingerprint density at radius 3 is 1.94 bits per heavy atom. The summed E-state index contributed by atoms with van der Waals surface area (Å²) in [6.45, 7) is 4.77. The minimum Gasteiger partial charge on any atom is -0.310 e. The van der Waals surface area contributed by atoms with Gasteiger partial charge < -0.3 is 4.90 Å². The van der Waals surface area contributed by atoms with Gasteiger partial charge in [-0.25, -0.2) is 0 Å². The second-order valence-corrected chi connectivity index (χ2v) is 16.4. The molecule has 6 aromatic rings. The van der Waals surface area contributed by atoms with Crippen LogP contribution in [0.3, 0.4) is 0 Å². The van der Waals surface area contributed by atoms with Crippen molar-refractivity contribution >= 4 is 17.1 Å². The summed E-state index contributed by atoms with van der Waals surface area (Å²) in [5.41, 5.74) is 17.7. The van der Waals surface area contributed by atoms with Crippen LogP contribution in [-0.2, 0) is 10.8 Å². The quantitative estimate of drug-likeness (QED) is 0.189. The Bertz CT molecular complexity index is 2290. The lowest BCUT2D eigenvalue weighted by atomic mass is 9.43. The molecule has 0 amide bonds. The second kappa shape index (κ2) is 10.3. The van der Waals surface area contributed by atoms with Gasteiger partial charge in [0.25, 0.3) is 0 Å². The highest BCUT2D eigenvalue weighted by molar-refractivity contribution is 5.96. The Kier molecular flexibility index (Phi) is 5.94. The molecule has 0 saturated heterocycles. The van der Waals surface area contributed by atoms with Crippen molar-refractivity contribution in [3.8, 4) is 33.4 Å². The van der Waals surface area contributed by atoms with Crippen molar-refractivity contribution < 1.29 is 0 Å². The Morgan fingerprint density at radius 1 is 0.540 bits per heavy atom. The Hall–Kier alpha value is -4.95. The number of nitrogens with zero attached hydrogens (tertiary/aromatic N) is 2. The molecule has 1 aromatic heterocycles. The number of benzene rings is 5. The van der Waals surface area contributed by atoms with Crippen LogP contribution in [0.5, 0.6) is 0 Å². The van der Waals surface area contributed by atoms with E-state index in [2.05, 4.69) is 139 Å². The van der Waals surface area contributed by atoms with Crippen molar-refractivity contribution in [3.05, 3.63) is 156 Å². The molecular formula is C48H42N2. The highest BCUT2D eigenvalue weighted by Crippen LogP contribution is 2.69. The molecular weight excluding hydrogens is 605 g/mol. The fourth-order valence-corrected chi connectivity index (χ4v) is 12.0. The predicted molar refractivity (Wildman–Crippen MR) is 205 cm³/mol. The summed E-state index contributed by atoms with van der Waals surface area (Å²) in [4.78, 5) is 6.97. The molecule has 12 rings (SSSR count). The van der Waals surface area contributed by atoms with Gasteiger partial charge in [-0.15, -0.1) is 0 Å². The summed E-state index contributed by atoms with van der Waals surface area (Å²) in [7, 11) is 0. The molecule has 6 aliphatic rings. The Morgan fingerprint density at radius 2 is 1.20 bits per heavy atom. The van der Waals surface area contributed by atoms with Crippen LogP contribution in [0.25, 0.3) is 33.4 Å². The van der Waals surface area contributed by atoms with Gasteiger partial charge in [0.2, 0.25) is 0 Å². The molecule has 4 saturated carbocycles. The van der Waals surface area contributed by atoms with E-state index < -0.39 is 0 Å². The van der Waals surface area contributed by atoms with E-state index in [1.807, 2.05) is 18.5 Å². The highest BCUT2D eigenvalue weighted by Gasteiger charge is 2.61. The van der Waals surface area contributed by atoms with Crippen LogP contribution in [0.2, 0.25) is 0 Å². The fourth-order valence-electron chi connectivity index (χ4n) is 12.0. The largest absolute Gasteiger partial charge is 0.310 e. The van der Waals surface area contributed by atoms with Crippen molar-refractivity contribution in [2.75, 3.05) is 4.90 Å². The van der Waals surface area contributed by atoms with E-state index in [-0.39, 0.29) is 10.8 Å². The lowest BCUT2D eigenvalue weighted by Crippen LogP contribution is -2.55. The van der Waals surface area contributed by atoms with E-state index in [4.69, 9.17) is 0 Å². The first-order valence-corrected chi connectivity index (χ1v) is 18.8. The number of aromatic nitrogens is 1. The molecule has 0 unspecified atom stereocenters. The van der Waals surface area contributed by atoms with Gasteiger partial charge in [0.05, 0.1) is 5.69 Å². The Labute approximate surface area is 295 Å². The average molecular weight is 647 g/mol. The monoisotopic (exact) mass is 646 g/mol. The topological polar surface area (TPSA) is 16.1 Å². The molecule has 2 heteroatoms. The maximum absolute atomic E-state index is 4.40. The molecule has 0 N–H and O–H groups in total. The first-order valence-electron chi connectivity index (χ1n) is 18.8. The number of hydrogen-bond donors (Lipinski definition) is 0. The molecule has 4 fully saturated rings. The molecule has 1 spiro atoms. The summed E-state index contributed by atoms with van der Waals surface area (Å²) in [6.07, 6.45) is 10.8. The van der Waals surface area contributed by atoms with Gasteiger partial charge in [-0.2, -0.15) is 0 Å². The van der Waals surface area contributed by atoms with E-state index in [1.54, 1.807) is 11.1 Å². The van der Waals surface area contributed by atoms with Crippen LogP contribution in [0.15, 0.2) is 134 Å². The van der Waals surface area contributed by atoms with Crippen molar-refractivity contribution in [1.29, 1.82) is 0 Å². The van der Waals surface area contributed by atoms with E-state index in [0.717, 1.165) is 29.2 Å². The third-order valence-electron chi connectivity index (χ3n) is 13.7. The summed E-state index contributed by atoms with van der Waals surface area (Å²) in [5.74, 6) is 3.31. The van der Waals surface area contributed by atoms with Crippen molar-refractivity contribution in [1.82, 2.24) is 4.98 Å². The van der Waals surface area contributed by atoms with Crippen LogP contribution < -0.4 is 4.90 Å². The number of hydrogen-bond acceptors (Lipinski definition) is 2. The number of anilines is 3. The molecule has 1 heterocycles. The lowest BCUT2D eigenvalue weighted by Gasteiger charge is -2.61. The molecule has 0 aliphatic heterocycles. The third kappa shape index (κ3) is 3.77. The zero-order valence-electron chi connectivity index (χ0n) is 28.9. The number of rotatable bonds is 4. The Balaban J connectivity index is 1.14. The molecule has 50 heavy (non-hydrogen) atoms. The molecule has 0 radical (unpaired) electrons. The van der Waals surface area contributed by atoms with Gasteiger partial charge in [-0.3, -0.25) is 4.98 Å². The zero-order chi connectivity index (χ0) is 33.2. The van der Waals surface area contributed by atoms with E-state index in [9.17, 15) is 0 Å². The predicted octanol–water partition coefficient (Wildman–Crippen LogP) is 12.2. The first kappa shape index (κ1) is 28.8. The molecule has 0 atom stereocenters. The van der Waals surface area contributed by atoms with Crippen LogP contribution in [0.1, 0.15) is 68.2 Å². The average Bonchev–Trinajstić information content (AvgIpc) is 3.57. The summed E-state index contributed by atoms with van der Waals surface area (Å²) >= 11 is 0. The standard InChI is InChI=1S/C48H42N2/c1-47(2)41-12-5-4-11-40(41)46-43(47)14-7-15-45(46)50(36-18-16-32(17-19-36)33-9-8-22-49-29-33)37-20-21-39-38-10-3-6-13-42(38)48(44(39)28-37)34-24-30-23-31(26-34)27-35(48)25-30/h3-22,28-31,34-35H,23-27H2,1-2H3. The zero-order valence-corrected chi connectivity index (χ0v) is 28.9. The van der Waals surface area contributed by atoms with Crippen molar-refractivity contribution in [2.45, 2.75) is 56.8 Å². The maximum Gasteiger partial charge on any atom is 0.0543 e. The van der Waals surface area contributed by atoms with Gasteiger partial charge in [0.15, 0.2) is 0 Å². The lowest BCUT2D eigenvalue weighted by molar-refractivity contribution is -0.0399. The van der Waals surface area contributed by atoms with E-state index in [1.165, 1.54) is 88.1 Å². The molecule has 6 aliphatic carbocycles. The van der Waals surface area contributed by atoms with Crippen LogP contribution in [-0.4, -0.2) is 4.98 Å². The van der Waals surface area contributed by atoms with Gasteiger partial charge >= 0.3 is 0 Å². The minimum absolute atomic E-state index is 0.0677. The van der Waals surface area contributed by atoms with Gasteiger partial charge in [-0.1, -0.05) is 98.8 Å². The van der Waals surface area contributed by atoms with E-state index >= 15 is 0 Å². The molecule has 5 aromatic carbocycles. The maximum atomic E-state index is 4.40. The van der Waals surface area contributed by atoms with Crippen LogP contribution in [0.4, 0.5) is 17.1 Å². The molecule has 244 valence electrons. The summed E-state index contributed by atoms with van der Waals surface area (Å²) < 4.78 is 0. The highest BCUT2D eigenvalue weighted by atomic mass is 15.1. The third-order valence-corrected chi connectivity index (χ3v) is 13.7. The smallest absolute Gasteiger partial charge is 0.0543 e. The number of pyridine rings is 1. The van der Waals surface area contributed by atoms with Gasteiger partial charge in [0, 0.05) is 40.2 Å². The van der Waals surface area contributed by atoms with Gasteiger partial charge in [-0.05, 0) is 142 Å². The summed E-state index contributed by atoms with van der Waals surface area (Å²) in [6, 6.07) is 46.4. The van der Waals surface area contributed by atoms with E-state index in [0.29, 0.717) is 0 Å². The van der Waals surface area contributed by atoms with Crippen LogP contribution in [0, 0.1) is 23.7 Å². The van der Waals surface area contributed by atoms with Crippen molar-refractivity contribution in [2.24, 2.45) is 23.7 Å². The second-order valence-electron chi connectivity index (χ2n) is 16.4. The normalized spacial score (nSPS) is 25.6. The summed E-state index contributed by atoms with van der Waals surface area (Å²) in [5, 5.41) is 0. The minimum atomic E-state index is -0.0677. The van der Waals surface area contributed by atoms with Crippen molar-refractivity contribution in [3.63, 3.8) is 0 Å². The molecule has 4 bridgehead atoms. The fraction of sp³-hybridized carbons (Fsp3) is 0.271. The first-order chi connectivity index (χ1) is 24.5. The number of fused-ring (bicyclic) bond motifs is 6. The van der Waals surface area contributed by atoms with Gasteiger partial charge in [0.1, 0.15) is 0 Å².